The van der Waals surface area contributed by atoms with Gasteiger partial charge >= 0.3 is 0 Å². The van der Waals surface area contributed by atoms with E-state index in [-0.39, 0.29) is 10.8 Å². The van der Waals surface area contributed by atoms with Crippen molar-refractivity contribution < 1.29 is 13.2 Å². The van der Waals surface area contributed by atoms with Gasteiger partial charge < -0.3 is 10.6 Å². The number of carbonyl (C=O) groups is 1. The third kappa shape index (κ3) is 4.53. The number of hydrogen-bond donors (Lipinski definition) is 3. The lowest BCUT2D eigenvalue weighted by Crippen LogP contribution is -2.33. The van der Waals surface area contributed by atoms with Crippen molar-refractivity contribution in [2.24, 2.45) is 5.92 Å². The molecule has 1 aliphatic heterocycles. The highest BCUT2D eigenvalue weighted by atomic mass is 32.2. The van der Waals surface area contributed by atoms with Crippen LogP contribution in [-0.2, 0) is 10.0 Å². The molecule has 1 unspecified atom stereocenters. The van der Waals surface area contributed by atoms with Crippen LogP contribution in [0.15, 0.2) is 29.2 Å². The molecule has 1 aliphatic rings. The van der Waals surface area contributed by atoms with Crippen LogP contribution in [0.3, 0.4) is 0 Å². The standard InChI is InChI=1S/C15H23N3O3S/c1-16-22(20,21)14-6-4-13(5-7-14)15(19)18-10-8-12-3-2-9-17-11-12/h4-7,12,16-17H,2-3,8-11H2,1H3,(H,18,19). The van der Waals surface area contributed by atoms with Crippen molar-refractivity contribution in [2.75, 3.05) is 26.7 Å². The summed E-state index contributed by atoms with van der Waals surface area (Å²) in [5.41, 5.74) is 0.469. The number of piperidine rings is 1. The zero-order valence-corrected chi connectivity index (χ0v) is 13.6. The maximum Gasteiger partial charge on any atom is 0.251 e. The van der Waals surface area contributed by atoms with Gasteiger partial charge in [0.1, 0.15) is 0 Å². The summed E-state index contributed by atoms with van der Waals surface area (Å²) < 4.78 is 25.5. The first kappa shape index (κ1) is 16.9. The Morgan fingerprint density at radius 1 is 1.32 bits per heavy atom. The summed E-state index contributed by atoms with van der Waals surface area (Å²) in [6, 6.07) is 5.93. The van der Waals surface area contributed by atoms with Crippen LogP contribution in [0.1, 0.15) is 29.6 Å². The molecule has 1 aromatic rings. The van der Waals surface area contributed by atoms with E-state index in [0.717, 1.165) is 19.5 Å². The number of amides is 1. The molecule has 1 atom stereocenters. The van der Waals surface area contributed by atoms with Gasteiger partial charge in [0, 0.05) is 12.1 Å². The van der Waals surface area contributed by atoms with Gasteiger partial charge in [-0.15, -0.1) is 0 Å². The molecule has 0 aromatic heterocycles. The minimum Gasteiger partial charge on any atom is -0.352 e. The van der Waals surface area contributed by atoms with Crippen molar-refractivity contribution in [1.82, 2.24) is 15.4 Å². The third-order valence-corrected chi connectivity index (χ3v) is 5.36. The Balaban J connectivity index is 1.84. The summed E-state index contributed by atoms with van der Waals surface area (Å²) in [6.07, 6.45) is 3.37. The Bertz CT molecular complexity index is 593. The van der Waals surface area contributed by atoms with Gasteiger partial charge in [-0.3, -0.25) is 4.79 Å². The van der Waals surface area contributed by atoms with E-state index in [0.29, 0.717) is 18.0 Å². The molecule has 0 saturated carbocycles. The van der Waals surface area contributed by atoms with Gasteiger partial charge in [0.2, 0.25) is 10.0 Å². The van der Waals surface area contributed by atoms with Crippen molar-refractivity contribution in [2.45, 2.75) is 24.2 Å². The lowest BCUT2D eigenvalue weighted by Gasteiger charge is -2.22. The molecule has 3 N–H and O–H groups in total. The SMILES string of the molecule is CNS(=O)(=O)c1ccc(C(=O)NCCC2CCCNC2)cc1. The van der Waals surface area contributed by atoms with E-state index in [4.69, 9.17) is 0 Å². The Hall–Kier alpha value is -1.44. The maximum atomic E-state index is 12.0. The van der Waals surface area contributed by atoms with Crippen molar-refractivity contribution in [3.63, 3.8) is 0 Å². The minimum atomic E-state index is -3.46. The highest BCUT2D eigenvalue weighted by Gasteiger charge is 2.14. The summed E-state index contributed by atoms with van der Waals surface area (Å²) >= 11 is 0. The van der Waals surface area contributed by atoms with Crippen LogP contribution >= 0.6 is 0 Å². The molecule has 1 heterocycles. The second kappa shape index (κ2) is 7.71. The van der Waals surface area contributed by atoms with Crippen molar-refractivity contribution >= 4 is 15.9 Å². The second-order valence-electron chi connectivity index (χ2n) is 5.49. The molecule has 0 radical (unpaired) electrons. The van der Waals surface area contributed by atoms with E-state index >= 15 is 0 Å². The number of nitrogens with one attached hydrogen (secondary N) is 3. The predicted octanol–water partition coefficient (Wildman–Crippen LogP) is 0.714. The second-order valence-corrected chi connectivity index (χ2v) is 7.38. The zero-order chi connectivity index (χ0) is 16.0. The monoisotopic (exact) mass is 325 g/mol. The van der Waals surface area contributed by atoms with Gasteiger partial charge in [-0.05, 0) is 69.6 Å². The Kier molecular flexibility index (Phi) is 5.93. The molecule has 1 saturated heterocycles. The van der Waals surface area contributed by atoms with Crippen molar-refractivity contribution in [3.05, 3.63) is 29.8 Å². The summed E-state index contributed by atoms with van der Waals surface area (Å²) in [5, 5.41) is 6.24. The Morgan fingerprint density at radius 2 is 2.05 bits per heavy atom. The molecular weight excluding hydrogens is 302 g/mol. The summed E-state index contributed by atoms with van der Waals surface area (Å²) in [6.45, 7) is 2.75. The lowest BCUT2D eigenvalue weighted by molar-refractivity contribution is 0.0950. The van der Waals surface area contributed by atoms with Gasteiger partial charge in [0.05, 0.1) is 4.90 Å². The summed E-state index contributed by atoms with van der Waals surface area (Å²) in [7, 11) is -2.10. The van der Waals surface area contributed by atoms with Crippen LogP contribution in [0.5, 0.6) is 0 Å². The van der Waals surface area contributed by atoms with Crippen LogP contribution in [0, 0.1) is 5.92 Å². The summed E-state index contributed by atoms with van der Waals surface area (Å²) in [4.78, 5) is 12.2. The molecule has 122 valence electrons. The van der Waals surface area contributed by atoms with Gasteiger partial charge in [-0.1, -0.05) is 0 Å². The fraction of sp³-hybridized carbons (Fsp3) is 0.533. The third-order valence-electron chi connectivity index (χ3n) is 3.93. The quantitative estimate of drug-likeness (QED) is 0.719. The first-order valence-electron chi connectivity index (χ1n) is 7.55. The van der Waals surface area contributed by atoms with Crippen LogP contribution in [-0.4, -0.2) is 41.0 Å². The highest BCUT2D eigenvalue weighted by molar-refractivity contribution is 7.89. The fourth-order valence-electron chi connectivity index (χ4n) is 2.57. The van der Waals surface area contributed by atoms with E-state index in [2.05, 4.69) is 15.4 Å². The maximum absolute atomic E-state index is 12.0. The van der Waals surface area contributed by atoms with Gasteiger partial charge in [-0.25, -0.2) is 13.1 Å². The molecule has 22 heavy (non-hydrogen) atoms. The van der Waals surface area contributed by atoms with Crippen molar-refractivity contribution in [3.8, 4) is 0 Å². The molecule has 1 fully saturated rings. The Morgan fingerprint density at radius 3 is 2.64 bits per heavy atom. The van der Waals surface area contributed by atoms with Crippen LogP contribution in [0.4, 0.5) is 0 Å². The van der Waals surface area contributed by atoms with Gasteiger partial charge in [0.15, 0.2) is 0 Å². The van der Waals surface area contributed by atoms with E-state index in [1.54, 1.807) is 0 Å². The summed E-state index contributed by atoms with van der Waals surface area (Å²) in [5.74, 6) is 0.453. The normalized spacial score (nSPS) is 18.9. The first-order valence-corrected chi connectivity index (χ1v) is 9.04. The first-order chi connectivity index (χ1) is 10.5. The van der Waals surface area contributed by atoms with E-state index in [1.165, 1.54) is 44.2 Å². The molecular formula is C15H23N3O3S. The smallest absolute Gasteiger partial charge is 0.251 e. The van der Waals surface area contributed by atoms with E-state index in [9.17, 15) is 13.2 Å². The molecule has 0 bridgehead atoms. The number of carbonyl (C=O) groups excluding carboxylic acids is 1. The average Bonchev–Trinajstić information content (AvgIpc) is 2.56. The number of sulfonamides is 1. The largest absolute Gasteiger partial charge is 0.352 e. The fourth-order valence-corrected chi connectivity index (χ4v) is 3.30. The molecule has 0 aliphatic carbocycles. The zero-order valence-electron chi connectivity index (χ0n) is 12.8. The lowest BCUT2D eigenvalue weighted by atomic mass is 9.96. The van der Waals surface area contributed by atoms with Crippen LogP contribution in [0.25, 0.3) is 0 Å². The molecule has 2 rings (SSSR count). The van der Waals surface area contributed by atoms with E-state index in [1.807, 2.05) is 0 Å². The topological polar surface area (TPSA) is 87.3 Å². The molecule has 7 heteroatoms. The average molecular weight is 325 g/mol. The molecule has 1 amide bonds. The number of rotatable bonds is 6. The number of hydrogen-bond acceptors (Lipinski definition) is 4. The molecule has 6 nitrogen and oxygen atoms in total. The highest BCUT2D eigenvalue weighted by Crippen LogP contribution is 2.13. The van der Waals surface area contributed by atoms with Crippen LogP contribution in [0.2, 0.25) is 0 Å². The minimum absolute atomic E-state index is 0.153. The van der Waals surface area contributed by atoms with Crippen molar-refractivity contribution in [1.29, 1.82) is 0 Å². The molecule has 1 aromatic carbocycles. The van der Waals surface area contributed by atoms with Gasteiger partial charge in [-0.2, -0.15) is 0 Å². The molecule has 0 spiro atoms. The van der Waals surface area contributed by atoms with Crippen LogP contribution < -0.4 is 15.4 Å². The van der Waals surface area contributed by atoms with E-state index < -0.39 is 10.0 Å². The van der Waals surface area contributed by atoms with Gasteiger partial charge in [0.25, 0.3) is 5.91 Å². The Labute approximate surface area is 131 Å². The predicted molar refractivity (Wildman–Crippen MR) is 85.2 cm³/mol. The number of benzene rings is 1.